The van der Waals surface area contributed by atoms with Crippen molar-refractivity contribution in [2.24, 2.45) is 0 Å². The molecule has 110 valence electrons. The normalized spacial score (nSPS) is 10.2. The van der Waals surface area contributed by atoms with Crippen molar-refractivity contribution in [2.75, 3.05) is 19.1 Å². The first-order valence-corrected chi connectivity index (χ1v) is 7.17. The van der Waals surface area contributed by atoms with Gasteiger partial charge in [-0.05, 0) is 29.8 Å². The highest BCUT2D eigenvalue weighted by Gasteiger charge is 2.15. The second-order valence-corrected chi connectivity index (χ2v) is 5.59. The van der Waals surface area contributed by atoms with Crippen molar-refractivity contribution in [3.8, 4) is 5.75 Å². The third kappa shape index (κ3) is 3.76. The number of benzene rings is 2. The average molecular weight is 350 g/mol. The number of nitrogens with zero attached hydrogens (tertiary/aromatic N) is 1. The summed E-state index contributed by atoms with van der Waals surface area (Å²) in [7, 11) is 3.43. The van der Waals surface area contributed by atoms with Crippen molar-refractivity contribution in [3.05, 3.63) is 58.1 Å². The molecule has 21 heavy (non-hydrogen) atoms. The van der Waals surface area contributed by atoms with Crippen LogP contribution in [0.4, 0.5) is 5.69 Å². The fourth-order valence-corrected chi connectivity index (χ4v) is 2.58. The first kappa shape index (κ1) is 15.4. The minimum absolute atomic E-state index is 0.258. The van der Waals surface area contributed by atoms with E-state index in [4.69, 9.17) is 4.74 Å². The van der Waals surface area contributed by atoms with Crippen LogP contribution in [0.25, 0.3) is 0 Å². The quantitative estimate of drug-likeness (QED) is 0.891. The van der Waals surface area contributed by atoms with Gasteiger partial charge < -0.3 is 14.7 Å². The van der Waals surface area contributed by atoms with Gasteiger partial charge in [-0.25, -0.2) is 4.79 Å². The molecule has 2 rings (SSSR count). The molecule has 0 spiro atoms. The third-order valence-corrected chi connectivity index (χ3v) is 3.65. The lowest BCUT2D eigenvalue weighted by atomic mass is 10.1. The van der Waals surface area contributed by atoms with E-state index in [-0.39, 0.29) is 5.56 Å². The number of methoxy groups -OCH3 is 1. The van der Waals surface area contributed by atoms with Crippen LogP contribution in [-0.2, 0) is 6.54 Å². The molecule has 4 nitrogen and oxygen atoms in total. The summed E-state index contributed by atoms with van der Waals surface area (Å²) in [6.07, 6.45) is 0. The zero-order valence-corrected chi connectivity index (χ0v) is 13.4. The standard InChI is InChI=1S/C16H16BrNO3/c1-18(10-11-4-3-5-12(17)8-11)15-9-13(21-2)6-7-14(15)16(19)20/h3-9H,10H2,1-2H3,(H,19,20). The van der Waals surface area contributed by atoms with Gasteiger partial charge >= 0.3 is 5.97 Å². The number of ether oxygens (including phenoxy) is 1. The summed E-state index contributed by atoms with van der Waals surface area (Å²) in [5.41, 5.74) is 1.97. The summed E-state index contributed by atoms with van der Waals surface area (Å²) in [6.45, 7) is 0.604. The van der Waals surface area contributed by atoms with Gasteiger partial charge in [-0.1, -0.05) is 28.1 Å². The topological polar surface area (TPSA) is 49.8 Å². The molecule has 2 aromatic carbocycles. The van der Waals surface area contributed by atoms with E-state index in [0.29, 0.717) is 18.0 Å². The fraction of sp³-hybridized carbons (Fsp3) is 0.188. The van der Waals surface area contributed by atoms with Gasteiger partial charge in [0.25, 0.3) is 0 Å². The Morgan fingerprint density at radius 1 is 1.29 bits per heavy atom. The largest absolute Gasteiger partial charge is 0.497 e. The predicted molar refractivity (Wildman–Crippen MR) is 86.2 cm³/mol. The Morgan fingerprint density at radius 2 is 2.05 bits per heavy atom. The molecular weight excluding hydrogens is 334 g/mol. The zero-order chi connectivity index (χ0) is 15.4. The summed E-state index contributed by atoms with van der Waals surface area (Å²) in [6, 6.07) is 12.9. The van der Waals surface area contributed by atoms with Crippen molar-refractivity contribution in [1.29, 1.82) is 0 Å². The molecule has 0 aliphatic rings. The van der Waals surface area contributed by atoms with Gasteiger partial charge in [-0.3, -0.25) is 0 Å². The molecule has 0 saturated heterocycles. The number of carboxylic acids is 1. The maximum absolute atomic E-state index is 11.4. The summed E-state index contributed by atoms with van der Waals surface area (Å²) in [5.74, 6) is -0.315. The predicted octanol–water partition coefficient (Wildman–Crippen LogP) is 3.79. The smallest absolute Gasteiger partial charge is 0.337 e. The second kappa shape index (κ2) is 6.63. The second-order valence-electron chi connectivity index (χ2n) is 4.67. The van der Waals surface area contributed by atoms with E-state index in [1.807, 2.05) is 36.2 Å². The Labute approximate surface area is 132 Å². The first-order chi connectivity index (χ1) is 10.0. The molecule has 5 heteroatoms. The molecule has 0 aromatic heterocycles. The summed E-state index contributed by atoms with van der Waals surface area (Å²) < 4.78 is 6.18. The molecule has 0 fully saturated rings. The Hall–Kier alpha value is -2.01. The maximum Gasteiger partial charge on any atom is 0.337 e. The molecule has 0 heterocycles. The number of anilines is 1. The van der Waals surface area contributed by atoms with Crippen LogP contribution in [-0.4, -0.2) is 25.2 Å². The highest BCUT2D eigenvalue weighted by molar-refractivity contribution is 9.10. The van der Waals surface area contributed by atoms with E-state index in [0.717, 1.165) is 10.0 Å². The van der Waals surface area contributed by atoms with Gasteiger partial charge in [0.2, 0.25) is 0 Å². The van der Waals surface area contributed by atoms with E-state index in [2.05, 4.69) is 15.9 Å². The van der Waals surface area contributed by atoms with Gasteiger partial charge in [-0.15, -0.1) is 0 Å². The van der Waals surface area contributed by atoms with Crippen molar-refractivity contribution in [2.45, 2.75) is 6.54 Å². The minimum Gasteiger partial charge on any atom is -0.497 e. The number of hydrogen-bond donors (Lipinski definition) is 1. The molecule has 0 amide bonds. The van der Waals surface area contributed by atoms with E-state index >= 15 is 0 Å². The first-order valence-electron chi connectivity index (χ1n) is 6.38. The van der Waals surface area contributed by atoms with Crippen molar-refractivity contribution < 1.29 is 14.6 Å². The number of halogens is 1. The number of rotatable bonds is 5. The SMILES string of the molecule is COc1ccc(C(=O)O)c(N(C)Cc2cccc(Br)c2)c1. The lowest BCUT2D eigenvalue weighted by molar-refractivity contribution is 0.0697. The molecule has 0 bridgehead atoms. The number of carbonyl (C=O) groups is 1. The summed E-state index contributed by atoms with van der Waals surface area (Å²) in [4.78, 5) is 13.3. The highest BCUT2D eigenvalue weighted by atomic mass is 79.9. The Morgan fingerprint density at radius 3 is 2.67 bits per heavy atom. The van der Waals surface area contributed by atoms with Crippen LogP contribution in [0.15, 0.2) is 46.9 Å². The van der Waals surface area contributed by atoms with E-state index in [9.17, 15) is 9.90 Å². The van der Waals surface area contributed by atoms with E-state index in [1.165, 1.54) is 0 Å². The van der Waals surface area contributed by atoms with Crippen LogP contribution in [0.1, 0.15) is 15.9 Å². The summed E-state index contributed by atoms with van der Waals surface area (Å²) in [5, 5.41) is 9.31. The number of carboxylic acid groups (broad SMARTS) is 1. The Balaban J connectivity index is 2.33. The Bertz CT molecular complexity index is 658. The molecule has 0 atom stereocenters. The molecule has 0 aliphatic heterocycles. The monoisotopic (exact) mass is 349 g/mol. The molecule has 2 aromatic rings. The van der Waals surface area contributed by atoms with Crippen LogP contribution in [0.2, 0.25) is 0 Å². The summed E-state index contributed by atoms with van der Waals surface area (Å²) >= 11 is 3.44. The van der Waals surface area contributed by atoms with E-state index in [1.54, 1.807) is 25.3 Å². The minimum atomic E-state index is -0.950. The maximum atomic E-state index is 11.4. The van der Waals surface area contributed by atoms with Crippen molar-refractivity contribution in [3.63, 3.8) is 0 Å². The van der Waals surface area contributed by atoms with Crippen LogP contribution in [0.5, 0.6) is 5.75 Å². The zero-order valence-electron chi connectivity index (χ0n) is 11.8. The lowest BCUT2D eigenvalue weighted by Crippen LogP contribution is -2.19. The molecule has 0 aliphatic carbocycles. The molecule has 0 unspecified atom stereocenters. The highest BCUT2D eigenvalue weighted by Crippen LogP contribution is 2.27. The van der Waals surface area contributed by atoms with Gasteiger partial charge in [-0.2, -0.15) is 0 Å². The third-order valence-electron chi connectivity index (χ3n) is 3.16. The van der Waals surface area contributed by atoms with Crippen LogP contribution < -0.4 is 9.64 Å². The number of aromatic carboxylic acids is 1. The molecule has 1 N–H and O–H groups in total. The fourth-order valence-electron chi connectivity index (χ4n) is 2.13. The van der Waals surface area contributed by atoms with Crippen molar-refractivity contribution in [1.82, 2.24) is 0 Å². The molecular formula is C16H16BrNO3. The average Bonchev–Trinajstić information content (AvgIpc) is 2.46. The molecule has 0 radical (unpaired) electrons. The Kier molecular flexibility index (Phi) is 4.85. The van der Waals surface area contributed by atoms with Gasteiger partial charge in [0.05, 0.1) is 18.4 Å². The number of hydrogen-bond acceptors (Lipinski definition) is 3. The van der Waals surface area contributed by atoms with E-state index < -0.39 is 5.97 Å². The lowest BCUT2D eigenvalue weighted by Gasteiger charge is -2.22. The molecule has 0 saturated carbocycles. The van der Waals surface area contributed by atoms with Gasteiger partial charge in [0.15, 0.2) is 0 Å². The van der Waals surface area contributed by atoms with Gasteiger partial charge in [0, 0.05) is 24.1 Å². The van der Waals surface area contributed by atoms with Crippen LogP contribution >= 0.6 is 15.9 Å². The van der Waals surface area contributed by atoms with Crippen LogP contribution in [0.3, 0.4) is 0 Å². The van der Waals surface area contributed by atoms with Gasteiger partial charge in [0.1, 0.15) is 5.75 Å². The van der Waals surface area contributed by atoms with Crippen molar-refractivity contribution >= 4 is 27.6 Å². The van der Waals surface area contributed by atoms with Crippen LogP contribution in [0, 0.1) is 0 Å².